The maximum Gasteiger partial charge on any atom is 0.140 e. The molecular formula is C17H24N2OS. The molecule has 0 fully saturated rings. The van der Waals surface area contributed by atoms with E-state index in [0.29, 0.717) is 6.61 Å². The number of aromatic nitrogens is 1. The predicted molar refractivity (Wildman–Crippen MR) is 89.0 cm³/mol. The summed E-state index contributed by atoms with van der Waals surface area (Å²) in [7, 11) is 0. The van der Waals surface area contributed by atoms with Crippen molar-refractivity contribution in [3.8, 4) is 5.75 Å². The third-order valence-electron chi connectivity index (χ3n) is 3.11. The summed E-state index contributed by atoms with van der Waals surface area (Å²) < 4.78 is 6.04. The molecule has 0 aliphatic heterocycles. The monoisotopic (exact) mass is 304 g/mol. The summed E-state index contributed by atoms with van der Waals surface area (Å²) in [6.07, 6.45) is 0. The Kier molecular flexibility index (Phi) is 5.01. The van der Waals surface area contributed by atoms with Gasteiger partial charge in [0.2, 0.25) is 0 Å². The molecule has 0 spiro atoms. The second-order valence-electron chi connectivity index (χ2n) is 6.34. The highest BCUT2D eigenvalue weighted by Gasteiger charge is 2.13. The molecule has 21 heavy (non-hydrogen) atoms. The first-order valence-electron chi connectivity index (χ1n) is 7.22. The highest BCUT2D eigenvalue weighted by Crippen LogP contribution is 2.25. The van der Waals surface area contributed by atoms with Gasteiger partial charge in [0.15, 0.2) is 0 Å². The zero-order chi connectivity index (χ0) is 15.5. The molecule has 0 atom stereocenters. The number of hydrogen-bond donors (Lipinski definition) is 1. The minimum atomic E-state index is 0.0907. The van der Waals surface area contributed by atoms with Crippen LogP contribution in [0.2, 0.25) is 0 Å². The molecular weight excluding hydrogens is 280 g/mol. The van der Waals surface area contributed by atoms with Crippen LogP contribution in [0.3, 0.4) is 0 Å². The standard InChI is InChI=1S/C17H24N2OS/c1-12-7-6-8-14(9-18-17(3,4)5)16(12)20-10-15-19-13(2)11-21-15/h6-8,11,18H,9-10H2,1-5H3. The van der Waals surface area contributed by atoms with E-state index in [9.17, 15) is 0 Å². The maximum absolute atomic E-state index is 6.04. The normalized spacial score (nSPS) is 11.7. The number of thiazole rings is 1. The quantitative estimate of drug-likeness (QED) is 0.897. The van der Waals surface area contributed by atoms with Gasteiger partial charge in [-0.1, -0.05) is 18.2 Å². The Labute approximate surface area is 131 Å². The molecule has 1 heterocycles. The Bertz CT molecular complexity index is 599. The van der Waals surface area contributed by atoms with Gasteiger partial charge in [-0.05, 0) is 40.2 Å². The largest absolute Gasteiger partial charge is 0.486 e. The Balaban J connectivity index is 2.10. The third kappa shape index (κ3) is 4.83. The lowest BCUT2D eigenvalue weighted by atomic mass is 10.1. The van der Waals surface area contributed by atoms with Crippen LogP contribution >= 0.6 is 11.3 Å². The molecule has 2 aromatic rings. The van der Waals surface area contributed by atoms with Crippen molar-refractivity contribution in [2.45, 2.75) is 53.3 Å². The van der Waals surface area contributed by atoms with E-state index in [-0.39, 0.29) is 5.54 Å². The molecule has 1 N–H and O–H groups in total. The molecule has 0 amide bonds. The molecule has 0 radical (unpaired) electrons. The number of nitrogens with zero attached hydrogens (tertiary/aromatic N) is 1. The summed E-state index contributed by atoms with van der Waals surface area (Å²) in [6, 6.07) is 6.28. The Morgan fingerprint density at radius 1 is 1.24 bits per heavy atom. The van der Waals surface area contributed by atoms with Crippen LogP contribution < -0.4 is 10.1 Å². The number of benzene rings is 1. The summed E-state index contributed by atoms with van der Waals surface area (Å²) in [5.74, 6) is 0.974. The Morgan fingerprint density at radius 2 is 2.00 bits per heavy atom. The van der Waals surface area contributed by atoms with E-state index in [1.165, 1.54) is 5.56 Å². The maximum atomic E-state index is 6.04. The molecule has 1 aromatic carbocycles. The van der Waals surface area contributed by atoms with Crippen molar-refractivity contribution in [2.24, 2.45) is 0 Å². The zero-order valence-electron chi connectivity index (χ0n) is 13.5. The topological polar surface area (TPSA) is 34.1 Å². The van der Waals surface area contributed by atoms with Crippen molar-refractivity contribution in [3.63, 3.8) is 0 Å². The second-order valence-corrected chi connectivity index (χ2v) is 7.28. The van der Waals surface area contributed by atoms with Crippen molar-refractivity contribution < 1.29 is 4.74 Å². The highest BCUT2D eigenvalue weighted by atomic mass is 32.1. The lowest BCUT2D eigenvalue weighted by molar-refractivity contribution is 0.297. The van der Waals surface area contributed by atoms with Gasteiger partial charge < -0.3 is 10.1 Å². The Morgan fingerprint density at radius 3 is 2.62 bits per heavy atom. The average molecular weight is 304 g/mol. The van der Waals surface area contributed by atoms with E-state index in [0.717, 1.165) is 28.6 Å². The number of ether oxygens (including phenoxy) is 1. The molecule has 0 saturated heterocycles. The van der Waals surface area contributed by atoms with Crippen LogP contribution in [0.5, 0.6) is 5.75 Å². The smallest absolute Gasteiger partial charge is 0.140 e. The van der Waals surface area contributed by atoms with Crippen LogP contribution in [0.15, 0.2) is 23.6 Å². The molecule has 4 heteroatoms. The van der Waals surface area contributed by atoms with Crippen molar-refractivity contribution in [3.05, 3.63) is 45.4 Å². The fourth-order valence-electron chi connectivity index (χ4n) is 2.02. The van der Waals surface area contributed by atoms with Gasteiger partial charge in [-0.3, -0.25) is 0 Å². The minimum absolute atomic E-state index is 0.0907. The number of para-hydroxylation sites is 1. The van der Waals surface area contributed by atoms with Gasteiger partial charge in [0.05, 0.1) is 0 Å². The van der Waals surface area contributed by atoms with Crippen molar-refractivity contribution in [1.82, 2.24) is 10.3 Å². The van der Waals surface area contributed by atoms with Crippen molar-refractivity contribution in [2.75, 3.05) is 0 Å². The molecule has 2 rings (SSSR count). The van der Waals surface area contributed by atoms with Gasteiger partial charge in [0, 0.05) is 28.7 Å². The van der Waals surface area contributed by atoms with Gasteiger partial charge in [0.25, 0.3) is 0 Å². The zero-order valence-corrected chi connectivity index (χ0v) is 14.3. The van der Waals surface area contributed by atoms with E-state index in [1.54, 1.807) is 11.3 Å². The van der Waals surface area contributed by atoms with Crippen molar-refractivity contribution >= 4 is 11.3 Å². The molecule has 0 saturated carbocycles. The summed E-state index contributed by atoms with van der Waals surface area (Å²) in [5, 5.41) is 6.59. The molecule has 1 aromatic heterocycles. The molecule has 0 bridgehead atoms. The van der Waals surface area contributed by atoms with E-state index < -0.39 is 0 Å². The first kappa shape index (κ1) is 16.0. The van der Waals surface area contributed by atoms with Crippen LogP contribution in [0, 0.1) is 13.8 Å². The van der Waals surface area contributed by atoms with Gasteiger partial charge in [-0.2, -0.15) is 0 Å². The van der Waals surface area contributed by atoms with Crippen LogP contribution in [0.1, 0.15) is 42.6 Å². The summed E-state index contributed by atoms with van der Waals surface area (Å²) in [5.41, 5.74) is 3.50. The fourth-order valence-corrected chi connectivity index (χ4v) is 2.71. The minimum Gasteiger partial charge on any atom is -0.486 e. The third-order valence-corrected chi connectivity index (χ3v) is 4.05. The lowest BCUT2D eigenvalue weighted by Crippen LogP contribution is -2.35. The van der Waals surface area contributed by atoms with Gasteiger partial charge in [-0.25, -0.2) is 4.98 Å². The number of nitrogens with one attached hydrogen (secondary N) is 1. The molecule has 0 aliphatic carbocycles. The Hall–Kier alpha value is -1.39. The second kappa shape index (κ2) is 6.58. The SMILES string of the molecule is Cc1csc(COc2c(C)cccc2CNC(C)(C)C)n1. The van der Waals surface area contributed by atoms with Gasteiger partial charge in [-0.15, -0.1) is 11.3 Å². The lowest BCUT2D eigenvalue weighted by Gasteiger charge is -2.22. The summed E-state index contributed by atoms with van der Waals surface area (Å²) in [4.78, 5) is 4.45. The molecule has 3 nitrogen and oxygen atoms in total. The van der Waals surface area contributed by atoms with Crippen LogP contribution in [0.4, 0.5) is 0 Å². The van der Waals surface area contributed by atoms with E-state index in [2.05, 4.69) is 61.6 Å². The van der Waals surface area contributed by atoms with E-state index >= 15 is 0 Å². The number of rotatable bonds is 5. The van der Waals surface area contributed by atoms with Gasteiger partial charge >= 0.3 is 0 Å². The average Bonchev–Trinajstić information content (AvgIpc) is 2.80. The molecule has 114 valence electrons. The fraction of sp³-hybridized carbons (Fsp3) is 0.471. The van der Waals surface area contributed by atoms with Gasteiger partial charge in [0.1, 0.15) is 17.4 Å². The summed E-state index contributed by atoms with van der Waals surface area (Å²) >= 11 is 1.65. The van der Waals surface area contributed by atoms with E-state index in [4.69, 9.17) is 4.74 Å². The number of hydrogen-bond acceptors (Lipinski definition) is 4. The van der Waals surface area contributed by atoms with E-state index in [1.807, 2.05) is 6.92 Å². The summed E-state index contributed by atoms with van der Waals surface area (Å²) in [6.45, 7) is 11.9. The number of aryl methyl sites for hydroxylation is 2. The highest BCUT2D eigenvalue weighted by molar-refractivity contribution is 7.09. The van der Waals surface area contributed by atoms with Crippen LogP contribution in [0.25, 0.3) is 0 Å². The van der Waals surface area contributed by atoms with Crippen LogP contribution in [-0.4, -0.2) is 10.5 Å². The van der Waals surface area contributed by atoms with Crippen molar-refractivity contribution in [1.29, 1.82) is 0 Å². The molecule has 0 unspecified atom stereocenters. The molecule has 0 aliphatic rings. The first-order valence-corrected chi connectivity index (χ1v) is 8.10. The predicted octanol–water partition coefficient (Wildman–Crippen LogP) is 4.23. The first-order chi connectivity index (χ1) is 9.85. The van der Waals surface area contributed by atoms with Crippen LogP contribution in [-0.2, 0) is 13.2 Å².